The largest absolute Gasteiger partial charge is 0.494 e. The summed E-state index contributed by atoms with van der Waals surface area (Å²) >= 11 is 0. The van der Waals surface area contributed by atoms with E-state index in [2.05, 4.69) is 84.6 Å². The third-order valence-electron chi connectivity index (χ3n) is 4.83. The Hall–Kier alpha value is -0.995. The summed E-state index contributed by atoms with van der Waals surface area (Å²) in [6, 6.07) is 9.52. The first kappa shape index (κ1) is 17.4. The lowest BCUT2D eigenvalue weighted by molar-refractivity contribution is 0.00578. The average molecular weight is 303 g/mol. The van der Waals surface area contributed by atoms with Gasteiger partial charge in [-0.25, -0.2) is 0 Å². The van der Waals surface area contributed by atoms with Crippen LogP contribution in [0.1, 0.15) is 55.4 Å². The van der Waals surface area contributed by atoms with Crippen LogP contribution in [0.15, 0.2) is 24.3 Å². The van der Waals surface area contributed by atoms with E-state index in [9.17, 15) is 0 Å². The highest BCUT2D eigenvalue weighted by Gasteiger charge is 2.51. The van der Waals surface area contributed by atoms with Gasteiger partial charge >= 0.3 is 7.12 Å². The summed E-state index contributed by atoms with van der Waals surface area (Å²) in [7, 11) is -0.286. The molecule has 0 bridgehead atoms. The Labute approximate surface area is 136 Å². The summed E-state index contributed by atoms with van der Waals surface area (Å²) < 4.78 is 12.2. The summed E-state index contributed by atoms with van der Waals surface area (Å²) in [6.07, 6.45) is 0. The Bertz CT molecular complexity index is 484. The molecule has 0 spiro atoms. The maximum atomic E-state index is 6.11. The van der Waals surface area contributed by atoms with Crippen LogP contribution in [0.3, 0.4) is 0 Å². The summed E-state index contributed by atoms with van der Waals surface area (Å²) in [5.74, 6) is 0. The molecule has 0 amide bonds. The third kappa shape index (κ3) is 3.18. The fourth-order valence-corrected chi connectivity index (χ4v) is 2.98. The highest BCUT2D eigenvalue weighted by Crippen LogP contribution is 2.36. The summed E-state index contributed by atoms with van der Waals surface area (Å²) in [5.41, 5.74) is 1.73. The standard InChI is InChI=1S/C18H30BNO2/c1-13(2)20(14(3)4)16-11-9-15(10-12-16)19-21-17(5,6)18(7,8)22-19/h9-14H,1-8H3. The van der Waals surface area contributed by atoms with E-state index in [1.807, 2.05) is 0 Å². The number of rotatable bonds is 4. The topological polar surface area (TPSA) is 21.7 Å². The molecule has 1 fully saturated rings. The van der Waals surface area contributed by atoms with Crippen molar-refractivity contribution in [2.24, 2.45) is 0 Å². The van der Waals surface area contributed by atoms with Crippen LogP contribution in [0.4, 0.5) is 5.69 Å². The minimum atomic E-state index is -0.293. The molecule has 1 aromatic rings. The second-order valence-electron chi connectivity index (χ2n) is 7.77. The maximum absolute atomic E-state index is 6.11. The number of nitrogens with zero attached hydrogens (tertiary/aromatic N) is 1. The highest BCUT2D eigenvalue weighted by molar-refractivity contribution is 6.62. The molecular formula is C18H30BNO2. The van der Waals surface area contributed by atoms with E-state index >= 15 is 0 Å². The van der Waals surface area contributed by atoms with Crippen LogP contribution in [0.2, 0.25) is 0 Å². The predicted molar refractivity (Wildman–Crippen MR) is 94.9 cm³/mol. The van der Waals surface area contributed by atoms with Crippen molar-refractivity contribution in [2.45, 2.75) is 78.7 Å². The van der Waals surface area contributed by atoms with E-state index in [-0.39, 0.29) is 18.3 Å². The number of benzene rings is 1. The fraction of sp³-hybridized carbons (Fsp3) is 0.667. The molecule has 0 aromatic heterocycles. The molecule has 0 unspecified atom stereocenters. The van der Waals surface area contributed by atoms with Crippen LogP contribution in [0, 0.1) is 0 Å². The minimum absolute atomic E-state index is 0.286. The second kappa shape index (κ2) is 5.90. The number of anilines is 1. The zero-order valence-corrected chi connectivity index (χ0v) is 15.3. The summed E-state index contributed by atoms with van der Waals surface area (Å²) in [6.45, 7) is 17.2. The highest BCUT2D eigenvalue weighted by atomic mass is 16.7. The maximum Gasteiger partial charge on any atom is 0.494 e. The molecule has 0 aliphatic carbocycles. The van der Waals surface area contributed by atoms with Crippen LogP contribution >= 0.6 is 0 Å². The van der Waals surface area contributed by atoms with Crippen molar-refractivity contribution in [2.75, 3.05) is 4.90 Å². The van der Waals surface area contributed by atoms with Crippen molar-refractivity contribution in [3.8, 4) is 0 Å². The van der Waals surface area contributed by atoms with E-state index in [1.165, 1.54) is 5.69 Å². The van der Waals surface area contributed by atoms with E-state index in [4.69, 9.17) is 9.31 Å². The summed E-state index contributed by atoms with van der Waals surface area (Å²) in [5, 5.41) is 0. The van der Waals surface area contributed by atoms with E-state index in [0.717, 1.165) is 5.46 Å². The van der Waals surface area contributed by atoms with Crippen molar-refractivity contribution in [1.82, 2.24) is 0 Å². The average Bonchev–Trinajstić information content (AvgIpc) is 2.58. The number of hydrogen-bond donors (Lipinski definition) is 0. The molecule has 1 aromatic carbocycles. The first-order chi connectivity index (χ1) is 10.0. The molecule has 0 atom stereocenters. The lowest BCUT2D eigenvalue weighted by Crippen LogP contribution is -2.41. The minimum Gasteiger partial charge on any atom is -0.399 e. The van der Waals surface area contributed by atoms with Gasteiger partial charge in [-0.3, -0.25) is 0 Å². The Morgan fingerprint density at radius 1 is 0.818 bits per heavy atom. The monoisotopic (exact) mass is 303 g/mol. The zero-order chi connectivity index (χ0) is 16.7. The van der Waals surface area contributed by atoms with Gasteiger partial charge in [0.15, 0.2) is 0 Å². The molecule has 1 heterocycles. The Morgan fingerprint density at radius 3 is 1.59 bits per heavy atom. The molecule has 1 aliphatic heterocycles. The van der Waals surface area contributed by atoms with Crippen LogP contribution < -0.4 is 10.4 Å². The molecule has 4 heteroatoms. The molecule has 122 valence electrons. The van der Waals surface area contributed by atoms with Crippen LogP contribution in [0.5, 0.6) is 0 Å². The molecule has 1 saturated heterocycles. The van der Waals surface area contributed by atoms with Crippen LogP contribution in [-0.2, 0) is 9.31 Å². The van der Waals surface area contributed by atoms with Gasteiger partial charge in [0.25, 0.3) is 0 Å². The van der Waals surface area contributed by atoms with Crippen molar-refractivity contribution < 1.29 is 9.31 Å². The van der Waals surface area contributed by atoms with Gasteiger partial charge in [0.1, 0.15) is 0 Å². The van der Waals surface area contributed by atoms with Gasteiger partial charge in [-0.1, -0.05) is 12.1 Å². The molecule has 0 N–H and O–H groups in total. The van der Waals surface area contributed by atoms with Gasteiger partial charge < -0.3 is 14.2 Å². The van der Waals surface area contributed by atoms with Gasteiger partial charge in [0.2, 0.25) is 0 Å². The first-order valence-corrected chi connectivity index (χ1v) is 8.29. The summed E-state index contributed by atoms with van der Waals surface area (Å²) in [4.78, 5) is 2.41. The lowest BCUT2D eigenvalue weighted by Gasteiger charge is -2.33. The zero-order valence-electron chi connectivity index (χ0n) is 15.3. The smallest absolute Gasteiger partial charge is 0.399 e. The van der Waals surface area contributed by atoms with Crippen molar-refractivity contribution in [1.29, 1.82) is 0 Å². The van der Waals surface area contributed by atoms with Gasteiger partial charge in [-0.2, -0.15) is 0 Å². The molecule has 0 saturated carbocycles. The molecular weight excluding hydrogens is 273 g/mol. The Kier molecular flexibility index (Phi) is 4.65. The Morgan fingerprint density at radius 2 is 1.23 bits per heavy atom. The molecule has 2 rings (SSSR count). The third-order valence-corrected chi connectivity index (χ3v) is 4.83. The molecule has 3 nitrogen and oxygen atoms in total. The Balaban J connectivity index is 2.20. The van der Waals surface area contributed by atoms with Gasteiger partial charge in [-0.15, -0.1) is 0 Å². The second-order valence-corrected chi connectivity index (χ2v) is 7.77. The normalized spacial score (nSPS) is 20.0. The van der Waals surface area contributed by atoms with Crippen molar-refractivity contribution >= 4 is 18.3 Å². The van der Waals surface area contributed by atoms with E-state index in [1.54, 1.807) is 0 Å². The van der Waals surface area contributed by atoms with E-state index < -0.39 is 0 Å². The van der Waals surface area contributed by atoms with E-state index in [0.29, 0.717) is 12.1 Å². The number of hydrogen-bond acceptors (Lipinski definition) is 3. The van der Waals surface area contributed by atoms with Crippen molar-refractivity contribution in [3.63, 3.8) is 0 Å². The van der Waals surface area contributed by atoms with Crippen LogP contribution in [-0.4, -0.2) is 30.4 Å². The predicted octanol–water partition coefficient (Wildman–Crippen LogP) is 3.61. The van der Waals surface area contributed by atoms with Gasteiger partial charge in [0.05, 0.1) is 11.2 Å². The van der Waals surface area contributed by atoms with Gasteiger partial charge in [-0.05, 0) is 73.0 Å². The van der Waals surface area contributed by atoms with Crippen molar-refractivity contribution in [3.05, 3.63) is 24.3 Å². The lowest BCUT2D eigenvalue weighted by atomic mass is 9.79. The van der Waals surface area contributed by atoms with Gasteiger partial charge in [0, 0.05) is 17.8 Å². The SMILES string of the molecule is CC(C)N(c1ccc(B2OC(C)(C)C(C)(C)O2)cc1)C(C)C. The first-order valence-electron chi connectivity index (χ1n) is 8.29. The molecule has 1 aliphatic rings. The molecule has 0 radical (unpaired) electrons. The van der Waals surface area contributed by atoms with Crippen LogP contribution in [0.25, 0.3) is 0 Å². The quantitative estimate of drug-likeness (QED) is 0.793. The fourth-order valence-electron chi connectivity index (χ4n) is 2.98. The molecule has 22 heavy (non-hydrogen) atoms.